The highest BCUT2D eigenvalue weighted by molar-refractivity contribution is 9.10. The molecule has 0 saturated carbocycles. The van der Waals surface area contributed by atoms with Crippen LogP contribution < -0.4 is 5.43 Å². The fourth-order valence-electron chi connectivity index (χ4n) is 3.10. The molecular weight excluding hydrogens is 406 g/mol. The Morgan fingerprint density at radius 2 is 2.00 bits per heavy atom. The summed E-state index contributed by atoms with van der Waals surface area (Å²) >= 11 is 9.58. The number of nitrogens with zero attached hydrogens (tertiary/aromatic N) is 1. The minimum atomic E-state index is -0.299. The predicted octanol–water partition coefficient (Wildman–Crippen LogP) is 4.41. The Kier molecular flexibility index (Phi) is 4.13. The Morgan fingerprint density at radius 1 is 1.16 bits per heavy atom. The van der Waals surface area contributed by atoms with Crippen LogP contribution in [0.15, 0.2) is 56.1 Å². The van der Waals surface area contributed by atoms with Crippen LogP contribution in [-0.4, -0.2) is 17.4 Å². The molecule has 1 aliphatic heterocycles. The van der Waals surface area contributed by atoms with Crippen molar-refractivity contribution in [2.45, 2.75) is 13.0 Å². The number of carbonyl (C=O) groups excluding carboxylic acids is 1. The van der Waals surface area contributed by atoms with Crippen LogP contribution in [0.25, 0.3) is 11.0 Å². The SMILES string of the molecule is O=C(c1cc(=O)c2cccc(Cl)c2o1)N1CCc2cc(Br)ccc2C1. The van der Waals surface area contributed by atoms with Crippen molar-refractivity contribution < 1.29 is 9.21 Å². The molecule has 6 heteroatoms. The molecule has 1 aromatic heterocycles. The lowest BCUT2D eigenvalue weighted by Crippen LogP contribution is -2.36. The summed E-state index contributed by atoms with van der Waals surface area (Å²) in [4.78, 5) is 26.8. The van der Waals surface area contributed by atoms with E-state index < -0.39 is 0 Å². The van der Waals surface area contributed by atoms with Gasteiger partial charge in [0.05, 0.1) is 10.4 Å². The predicted molar refractivity (Wildman–Crippen MR) is 100 cm³/mol. The van der Waals surface area contributed by atoms with Crippen LogP contribution in [0.1, 0.15) is 21.7 Å². The van der Waals surface area contributed by atoms with E-state index in [2.05, 4.69) is 22.0 Å². The number of rotatable bonds is 1. The van der Waals surface area contributed by atoms with E-state index in [0.717, 1.165) is 16.5 Å². The number of hydrogen-bond acceptors (Lipinski definition) is 3. The van der Waals surface area contributed by atoms with E-state index in [0.29, 0.717) is 23.5 Å². The quantitative estimate of drug-likeness (QED) is 0.588. The van der Waals surface area contributed by atoms with Crippen molar-refractivity contribution >= 4 is 44.4 Å². The van der Waals surface area contributed by atoms with Gasteiger partial charge >= 0.3 is 0 Å². The van der Waals surface area contributed by atoms with Gasteiger partial charge in [-0.1, -0.05) is 39.7 Å². The lowest BCUT2D eigenvalue weighted by Gasteiger charge is -2.28. The number of halogens is 2. The van der Waals surface area contributed by atoms with Crippen LogP contribution in [0.2, 0.25) is 5.02 Å². The second-order valence-electron chi connectivity index (χ2n) is 5.98. The number of para-hydroxylation sites is 1. The van der Waals surface area contributed by atoms with Gasteiger partial charge in [0, 0.05) is 23.6 Å². The summed E-state index contributed by atoms with van der Waals surface area (Å²) in [6, 6.07) is 12.2. The third-order valence-corrected chi connectivity index (χ3v) is 5.18. The monoisotopic (exact) mass is 417 g/mol. The van der Waals surface area contributed by atoms with Gasteiger partial charge in [0.15, 0.2) is 16.8 Å². The molecule has 0 radical (unpaired) electrons. The summed E-state index contributed by atoms with van der Waals surface area (Å²) in [5.41, 5.74) is 2.31. The summed E-state index contributed by atoms with van der Waals surface area (Å²) in [5.74, 6) is -0.279. The zero-order valence-corrected chi connectivity index (χ0v) is 15.4. The first-order chi connectivity index (χ1) is 12.0. The molecule has 3 aromatic rings. The molecule has 4 rings (SSSR count). The second-order valence-corrected chi connectivity index (χ2v) is 7.30. The number of benzene rings is 2. The molecule has 0 spiro atoms. The number of fused-ring (bicyclic) bond motifs is 2. The maximum Gasteiger partial charge on any atom is 0.290 e. The topological polar surface area (TPSA) is 50.5 Å². The van der Waals surface area contributed by atoms with Crippen LogP contribution in [-0.2, 0) is 13.0 Å². The molecular formula is C19H13BrClNO3. The fraction of sp³-hybridized carbons (Fsp3) is 0.158. The zero-order chi connectivity index (χ0) is 17.6. The largest absolute Gasteiger partial charge is 0.449 e. The minimum Gasteiger partial charge on any atom is -0.449 e. The van der Waals surface area contributed by atoms with E-state index in [-0.39, 0.29) is 22.7 Å². The average Bonchev–Trinajstić information content (AvgIpc) is 2.61. The molecule has 0 aliphatic carbocycles. The Bertz CT molecular complexity index is 1060. The molecule has 2 aromatic carbocycles. The molecule has 0 unspecified atom stereocenters. The highest BCUT2D eigenvalue weighted by Crippen LogP contribution is 2.26. The third-order valence-electron chi connectivity index (χ3n) is 4.39. The first-order valence-corrected chi connectivity index (χ1v) is 8.99. The second kappa shape index (κ2) is 6.32. The van der Waals surface area contributed by atoms with Crippen LogP contribution in [0, 0.1) is 0 Å². The molecule has 2 heterocycles. The van der Waals surface area contributed by atoms with Gasteiger partial charge in [-0.25, -0.2) is 0 Å². The van der Waals surface area contributed by atoms with E-state index in [1.54, 1.807) is 23.1 Å². The maximum atomic E-state index is 12.8. The van der Waals surface area contributed by atoms with Crippen LogP contribution in [0.4, 0.5) is 0 Å². The summed E-state index contributed by atoms with van der Waals surface area (Å²) < 4.78 is 6.69. The highest BCUT2D eigenvalue weighted by atomic mass is 79.9. The summed E-state index contributed by atoms with van der Waals surface area (Å²) in [6.07, 6.45) is 0.763. The molecule has 1 amide bonds. The number of amides is 1. The number of carbonyl (C=O) groups is 1. The lowest BCUT2D eigenvalue weighted by atomic mass is 10.00. The summed E-state index contributed by atoms with van der Waals surface area (Å²) in [5, 5.41) is 0.691. The van der Waals surface area contributed by atoms with E-state index in [1.165, 1.54) is 11.6 Å². The third kappa shape index (κ3) is 2.98. The lowest BCUT2D eigenvalue weighted by molar-refractivity contribution is 0.0703. The van der Waals surface area contributed by atoms with Crippen LogP contribution in [0.3, 0.4) is 0 Å². The molecule has 0 saturated heterocycles. The van der Waals surface area contributed by atoms with Gasteiger partial charge < -0.3 is 9.32 Å². The molecule has 4 nitrogen and oxygen atoms in total. The zero-order valence-electron chi connectivity index (χ0n) is 13.1. The van der Waals surface area contributed by atoms with Gasteiger partial charge in [-0.05, 0) is 41.8 Å². The van der Waals surface area contributed by atoms with Crippen molar-refractivity contribution in [3.8, 4) is 0 Å². The number of hydrogen-bond donors (Lipinski definition) is 0. The van der Waals surface area contributed by atoms with E-state index in [1.807, 2.05) is 12.1 Å². The van der Waals surface area contributed by atoms with Crippen molar-refractivity contribution in [2.24, 2.45) is 0 Å². The van der Waals surface area contributed by atoms with Crippen molar-refractivity contribution in [3.05, 3.63) is 79.1 Å². The first-order valence-electron chi connectivity index (χ1n) is 7.82. The van der Waals surface area contributed by atoms with Crippen molar-refractivity contribution in [2.75, 3.05) is 6.54 Å². The van der Waals surface area contributed by atoms with Gasteiger partial charge in [0.25, 0.3) is 5.91 Å². The average molecular weight is 419 g/mol. The van der Waals surface area contributed by atoms with Crippen molar-refractivity contribution in [1.29, 1.82) is 0 Å². The van der Waals surface area contributed by atoms with Gasteiger partial charge in [-0.2, -0.15) is 0 Å². The van der Waals surface area contributed by atoms with E-state index >= 15 is 0 Å². The Morgan fingerprint density at radius 3 is 2.84 bits per heavy atom. The fourth-order valence-corrected chi connectivity index (χ4v) is 3.72. The Balaban J connectivity index is 1.70. The van der Waals surface area contributed by atoms with Crippen molar-refractivity contribution in [1.82, 2.24) is 4.90 Å². The van der Waals surface area contributed by atoms with E-state index in [4.69, 9.17) is 16.0 Å². The van der Waals surface area contributed by atoms with Gasteiger partial charge in [0.2, 0.25) is 0 Å². The van der Waals surface area contributed by atoms with Gasteiger partial charge in [0.1, 0.15) is 0 Å². The van der Waals surface area contributed by atoms with Gasteiger partial charge in [-0.3, -0.25) is 9.59 Å². The normalized spacial score (nSPS) is 13.8. The Labute approximate surface area is 157 Å². The molecule has 126 valence electrons. The molecule has 0 N–H and O–H groups in total. The summed E-state index contributed by atoms with van der Waals surface area (Å²) in [6.45, 7) is 1.07. The minimum absolute atomic E-state index is 0.0196. The molecule has 25 heavy (non-hydrogen) atoms. The van der Waals surface area contributed by atoms with E-state index in [9.17, 15) is 9.59 Å². The van der Waals surface area contributed by atoms with Crippen LogP contribution >= 0.6 is 27.5 Å². The molecule has 0 atom stereocenters. The van der Waals surface area contributed by atoms with Crippen LogP contribution in [0.5, 0.6) is 0 Å². The van der Waals surface area contributed by atoms with Gasteiger partial charge in [-0.15, -0.1) is 0 Å². The Hall–Kier alpha value is -2.11. The standard InChI is InChI=1S/C19H13BrClNO3/c20-13-5-4-12-10-22(7-6-11(12)8-13)19(24)17-9-16(23)14-2-1-3-15(21)18(14)25-17/h1-5,8-9H,6-7,10H2. The maximum absolute atomic E-state index is 12.8. The first kappa shape index (κ1) is 16.4. The molecule has 0 bridgehead atoms. The highest BCUT2D eigenvalue weighted by Gasteiger charge is 2.24. The smallest absolute Gasteiger partial charge is 0.290 e. The molecule has 1 aliphatic rings. The molecule has 0 fully saturated rings. The summed E-state index contributed by atoms with van der Waals surface area (Å²) in [7, 11) is 0. The van der Waals surface area contributed by atoms with Crippen molar-refractivity contribution in [3.63, 3.8) is 0 Å².